The molecule has 0 aromatic heterocycles. The number of para-hydroxylation sites is 1. The van der Waals surface area contributed by atoms with Gasteiger partial charge in [-0.3, -0.25) is 4.79 Å². The van der Waals surface area contributed by atoms with Crippen LogP contribution in [0.25, 0.3) is 0 Å². The van der Waals surface area contributed by atoms with E-state index in [1.807, 2.05) is 43.0 Å². The normalized spacial score (nSPS) is 14.6. The average molecular weight is 323 g/mol. The number of carbonyl (C=O) groups excluding carboxylic acids is 1. The first-order valence-corrected chi connectivity index (χ1v) is 8.64. The summed E-state index contributed by atoms with van der Waals surface area (Å²) in [7, 11) is 0. The Morgan fingerprint density at radius 1 is 1.12 bits per heavy atom. The Labute approximate surface area is 144 Å². The summed E-state index contributed by atoms with van der Waals surface area (Å²) in [5.74, 6) is 1.20. The highest BCUT2D eigenvalue weighted by molar-refractivity contribution is 5.98. The number of amides is 1. The molecule has 3 nitrogen and oxygen atoms in total. The molecule has 24 heavy (non-hydrogen) atoms. The molecule has 1 amide bonds. The standard InChI is InChI=1S/C21H25NO2/c1-14(2)18-10-9-15(3)13-20(18)24-16(4)21(23)22-12-11-17-7-5-6-8-19(17)22/h5-10,13-14,16H,11-12H2,1-4H3. The van der Waals surface area contributed by atoms with Crippen molar-refractivity contribution in [2.24, 2.45) is 0 Å². The lowest BCUT2D eigenvalue weighted by Crippen LogP contribution is -2.39. The SMILES string of the molecule is Cc1ccc(C(C)C)c(OC(C)C(=O)N2CCc3ccccc32)c1. The van der Waals surface area contributed by atoms with Crippen LogP contribution in [0.15, 0.2) is 42.5 Å². The summed E-state index contributed by atoms with van der Waals surface area (Å²) >= 11 is 0. The van der Waals surface area contributed by atoms with Crippen molar-refractivity contribution in [1.29, 1.82) is 0 Å². The first-order valence-electron chi connectivity index (χ1n) is 8.64. The summed E-state index contributed by atoms with van der Waals surface area (Å²) in [6.07, 6.45) is 0.409. The minimum Gasteiger partial charge on any atom is -0.481 e. The van der Waals surface area contributed by atoms with Gasteiger partial charge in [0.15, 0.2) is 6.10 Å². The molecule has 2 aromatic rings. The van der Waals surface area contributed by atoms with E-state index < -0.39 is 6.10 Å². The first-order chi connectivity index (χ1) is 11.5. The van der Waals surface area contributed by atoms with Gasteiger partial charge >= 0.3 is 0 Å². The molecule has 126 valence electrons. The van der Waals surface area contributed by atoms with Crippen LogP contribution in [-0.4, -0.2) is 18.6 Å². The topological polar surface area (TPSA) is 29.5 Å². The molecule has 0 fully saturated rings. The summed E-state index contributed by atoms with van der Waals surface area (Å²) in [5, 5.41) is 0. The molecule has 1 aliphatic rings. The van der Waals surface area contributed by atoms with E-state index in [1.54, 1.807) is 0 Å². The van der Waals surface area contributed by atoms with E-state index in [0.717, 1.165) is 35.5 Å². The molecule has 0 saturated carbocycles. The Kier molecular flexibility index (Phi) is 4.61. The van der Waals surface area contributed by atoms with Gasteiger partial charge in [-0.15, -0.1) is 0 Å². The van der Waals surface area contributed by atoms with Gasteiger partial charge in [0, 0.05) is 12.2 Å². The fourth-order valence-electron chi connectivity index (χ4n) is 3.25. The van der Waals surface area contributed by atoms with Gasteiger partial charge in [-0.05, 0) is 55.0 Å². The fourth-order valence-corrected chi connectivity index (χ4v) is 3.25. The molecule has 0 aliphatic carbocycles. The van der Waals surface area contributed by atoms with Gasteiger partial charge in [-0.25, -0.2) is 0 Å². The number of aryl methyl sites for hydroxylation is 1. The van der Waals surface area contributed by atoms with E-state index >= 15 is 0 Å². The van der Waals surface area contributed by atoms with Crippen LogP contribution < -0.4 is 9.64 Å². The molecular formula is C21H25NO2. The molecule has 2 aromatic carbocycles. The number of ether oxygens (including phenoxy) is 1. The van der Waals surface area contributed by atoms with E-state index in [0.29, 0.717) is 5.92 Å². The lowest BCUT2D eigenvalue weighted by atomic mass is 10.0. The largest absolute Gasteiger partial charge is 0.481 e. The minimum atomic E-state index is -0.504. The molecule has 3 heteroatoms. The molecule has 0 radical (unpaired) electrons. The lowest BCUT2D eigenvalue weighted by molar-refractivity contribution is -0.124. The summed E-state index contributed by atoms with van der Waals surface area (Å²) < 4.78 is 6.09. The summed E-state index contributed by atoms with van der Waals surface area (Å²) in [6, 6.07) is 14.3. The van der Waals surface area contributed by atoms with Gasteiger partial charge in [-0.1, -0.05) is 44.2 Å². The maximum absolute atomic E-state index is 12.9. The number of rotatable bonds is 4. The molecule has 1 heterocycles. The Bertz CT molecular complexity index is 751. The summed E-state index contributed by atoms with van der Waals surface area (Å²) in [4.78, 5) is 14.7. The molecule has 3 rings (SSSR count). The van der Waals surface area contributed by atoms with Crippen LogP contribution in [-0.2, 0) is 11.2 Å². The summed E-state index contributed by atoms with van der Waals surface area (Å²) in [6.45, 7) is 8.90. The van der Waals surface area contributed by atoms with Crippen LogP contribution >= 0.6 is 0 Å². The second-order valence-corrected chi connectivity index (χ2v) is 6.82. The van der Waals surface area contributed by atoms with Gasteiger partial charge in [-0.2, -0.15) is 0 Å². The number of benzene rings is 2. The Hall–Kier alpha value is -2.29. The maximum atomic E-state index is 12.9. The lowest BCUT2D eigenvalue weighted by Gasteiger charge is -2.24. The zero-order valence-electron chi connectivity index (χ0n) is 14.9. The second kappa shape index (κ2) is 6.68. The molecule has 1 atom stereocenters. The van der Waals surface area contributed by atoms with Crippen molar-refractivity contribution in [1.82, 2.24) is 0 Å². The highest BCUT2D eigenvalue weighted by Crippen LogP contribution is 2.31. The number of hydrogen-bond acceptors (Lipinski definition) is 2. The predicted molar refractivity (Wildman–Crippen MR) is 97.9 cm³/mol. The molecular weight excluding hydrogens is 298 g/mol. The van der Waals surface area contributed by atoms with E-state index in [1.165, 1.54) is 5.56 Å². The van der Waals surface area contributed by atoms with Crippen molar-refractivity contribution in [3.8, 4) is 5.75 Å². The quantitative estimate of drug-likeness (QED) is 0.830. The van der Waals surface area contributed by atoms with Crippen molar-refractivity contribution in [2.75, 3.05) is 11.4 Å². The number of fused-ring (bicyclic) bond motifs is 1. The van der Waals surface area contributed by atoms with Crippen molar-refractivity contribution >= 4 is 11.6 Å². The van der Waals surface area contributed by atoms with E-state index in [-0.39, 0.29) is 5.91 Å². The number of anilines is 1. The van der Waals surface area contributed by atoms with Gasteiger partial charge in [0.05, 0.1) is 0 Å². The zero-order valence-corrected chi connectivity index (χ0v) is 14.9. The third-order valence-corrected chi connectivity index (χ3v) is 4.60. The van der Waals surface area contributed by atoms with Crippen molar-refractivity contribution < 1.29 is 9.53 Å². The van der Waals surface area contributed by atoms with Gasteiger partial charge in [0.2, 0.25) is 0 Å². The van der Waals surface area contributed by atoms with E-state index in [2.05, 4.69) is 32.0 Å². The number of carbonyl (C=O) groups is 1. The van der Waals surface area contributed by atoms with E-state index in [9.17, 15) is 4.79 Å². The monoisotopic (exact) mass is 323 g/mol. The number of hydrogen-bond donors (Lipinski definition) is 0. The second-order valence-electron chi connectivity index (χ2n) is 6.82. The fraction of sp³-hybridized carbons (Fsp3) is 0.381. The van der Waals surface area contributed by atoms with E-state index in [4.69, 9.17) is 4.74 Å². The third kappa shape index (κ3) is 3.16. The molecule has 0 spiro atoms. The minimum absolute atomic E-state index is 0.0242. The van der Waals surface area contributed by atoms with Gasteiger partial charge < -0.3 is 9.64 Å². The third-order valence-electron chi connectivity index (χ3n) is 4.60. The van der Waals surface area contributed by atoms with Crippen LogP contribution in [0.5, 0.6) is 5.75 Å². The van der Waals surface area contributed by atoms with Crippen LogP contribution in [0.2, 0.25) is 0 Å². The van der Waals surface area contributed by atoms with Crippen molar-refractivity contribution in [3.05, 3.63) is 59.2 Å². The van der Waals surface area contributed by atoms with Gasteiger partial charge in [0.1, 0.15) is 5.75 Å². The highest BCUT2D eigenvalue weighted by atomic mass is 16.5. The van der Waals surface area contributed by atoms with Crippen molar-refractivity contribution in [3.63, 3.8) is 0 Å². The highest BCUT2D eigenvalue weighted by Gasteiger charge is 2.29. The van der Waals surface area contributed by atoms with Gasteiger partial charge in [0.25, 0.3) is 5.91 Å². The molecule has 1 unspecified atom stereocenters. The van der Waals surface area contributed by atoms with Crippen LogP contribution in [0.4, 0.5) is 5.69 Å². The average Bonchev–Trinajstić information content (AvgIpc) is 2.97. The smallest absolute Gasteiger partial charge is 0.267 e. The molecule has 0 N–H and O–H groups in total. The Balaban J connectivity index is 1.80. The summed E-state index contributed by atoms with van der Waals surface area (Å²) in [5.41, 5.74) is 4.53. The molecule has 0 bridgehead atoms. The maximum Gasteiger partial charge on any atom is 0.267 e. The molecule has 1 aliphatic heterocycles. The van der Waals surface area contributed by atoms with Crippen LogP contribution in [0, 0.1) is 6.92 Å². The van der Waals surface area contributed by atoms with Crippen LogP contribution in [0.3, 0.4) is 0 Å². The first kappa shape index (κ1) is 16.6. The molecule has 0 saturated heterocycles. The number of nitrogens with zero attached hydrogens (tertiary/aromatic N) is 1. The van der Waals surface area contributed by atoms with Crippen molar-refractivity contribution in [2.45, 2.75) is 46.1 Å². The van der Waals surface area contributed by atoms with Crippen LogP contribution in [0.1, 0.15) is 43.4 Å². The Morgan fingerprint density at radius 2 is 1.88 bits per heavy atom. The zero-order chi connectivity index (χ0) is 17.3. The Morgan fingerprint density at radius 3 is 2.62 bits per heavy atom. The predicted octanol–water partition coefficient (Wildman–Crippen LogP) is 4.48.